The minimum atomic E-state index is -0.600. The van der Waals surface area contributed by atoms with E-state index in [0.29, 0.717) is 35.2 Å². The fourth-order valence-corrected chi connectivity index (χ4v) is 4.38. The van der Waals surface area contributed by atoms with Crippen LogP contribution in [0.1, 0.15) is 24.0 Å². The molecule has 0 aliphatic carbocycles. The highest BCUT2D eigenvalue weighted by atomic mass is 16.5. The maximum atomic E-state index is 11.2. The van der Waals surface area contributed by atoms with E-state index >= 15 is 0 Å². The molecule has 0 fully saturated rings. The zero-order valence-electron chi connectivity index (χ0n) is 19.4. The van der Waals surface area contributed by atoms with Crippen LogP contribution in [0.3, 0.4) is 0 Å². The second-order valence-electron chi connectivity index (χ2n) is 8.20. The lowest BCUT2D eigenvalue weighted by molar-refractivity contribution is -0.119. The summed E-state index contributed by atoms with van der Waals surface area (Å²) in [6.07, 6.45) is 0. The number of nitriles is 1. The van der Waals surface area contributed by atoms with Gasteiger partial charge in [0.1, 0.15) is 11.6 Å². The average molecular weight is 482 g/mol. The highest BCUT2D eigenvalue weighted by Gasteiger charge is 2.36. The number of aromatic nitrogens is 2. The van der Waals surface area contributed by atoms with Crippen LogP contribution in [0.25, 0.3) is 22.0 Å². The second-order valence-corrected chi connectivity index (χ2v) is 8.20. The maximum absolute atomic E-state index is 11.2. The topological polar surface area (TPSA) is 149 Å². The number of amides is 1. The van der Waals surface area contributed by atoms with E-state index in [1.165, 1.54) is 0 Å². The van der Waals surface area contributed by atoms with Crippen LogP contribution < -0.4 is 25.7 Å². The number of carbonyl (C=O) groups excluding carboxylic acids is 1. The number of hydrogen-bond acceptors (Lipinski definition) is 7. The number of aromatic amines is 1. The molecular formula is C27H23N5O4. The van der Waals surface area contributed by atoms with Crippen LogP contribution in [0, 0.1) is 11.3 Å². The van der Waals surface area contributed by atoms with Gasteiger partial charge in [-0.3, -0.25) is 9.89 Å². The smallest absolute Gasteiger partial charge is 0.255 e. The van der Waals surface area contributed by atoms with Crippen LogP contribution in [0.2, 0.25) is 0 Å². The molecular weight excluding hydrogens is 458 g/mol. The standard InChI is InChI=1S/C27H23N5O4/c1-2-34-21-12-17(9-10-20(21)35-14-22(29)33)23-19(13-28)26(30)36-27-24(23)25(31-32-27)18-8-7-15-5-3-4-6-16(15)11-18/h3-12,23H,2,14,30H2,1H3,(H2,29,33)(H,31,32)/t23-/m1/s1. The third-order valence-electron chi connectivity index (χ3n) is 5.95. The molecule has 1 amide bonds. The van der Waals surface area contributed by atoms with Crippen molar-refractivity contribution in [1.82, 2.24) is 10.2 Å². The molecule has 3 aromatic carbocycles. The van der Waals surface area contributed by atoms with Crippen molar-refractivity contribution in [2.45, 2.75) is 12.8 Å². The van der Waals surface area contributed by atoms with E-state index in [9.17, 15) is 10.1 Å². The van der Waals surface area contributed by atoms with Crippen LogP contribution >= 0.6 is 0 Å². The number of benzene rings is 3. The molecule has 36 heavy (non-hydrogen) atoms. The Bertz CT molecular complexity index is 1550. The maximum Gasteiger partial charge on any atom is 0.255 e. The largest absolute Gasteiger partial charge is 0.490 e. The summed E-state index contributed by atoms with van der Waals surface area (Å²) in [6.45, 7) is 1.92. The van der Waals surface area contributed by atoms with Crippen molar-refractivity contribution in [3.05, 3.63) is 83.2 Å². The zero-order chi connectivity index (χ0) is 25.2. The Labute approximate surface area is 206 Å². The molecule has 1 aliphatic heterocycles. The third-order valence-corrected chi connectivity index (χ3v) is 5.95. The molecule has 0 bridgehead atoms. The molecule has 0 saturated carbocycles. The van der Waals surface area contributed by atoms with Gasteiger partial charge in [-0.1, -0.05) is 42.5 Å². The number of carbonyl (C=O) groups is 1. The van der Waals surface area contributed by atoms with Gasteiger partial charge in [-0.2, -0.15) is 5.26 Å². The molecule has 0 saturated heterocycles. The fourth-order valence-electron chi connectivity index (χ4n) is 4.38. The molecule has 1 atom stereocenters. The summed E-state index contributed by atoms with van der Waals surface area (Å²) in [5.41, 5.74) is 14.6. The Morgan fingerprint density at radius 3 is 2.67 bits per heavy atom. The quantitative estimate of drug-likeness (QED) is 0.364. The van der Waals surface area contributed by atoms with E-state index in [0.717, 1.165) is 21.9 Å². The zero-order valence-corrected chi connectivity index (χ0v) is 19.4. The van der Waals surface area contributed by atoms with Crippen LogP contribution in [-0.4, -0.2) is 29.3 Å². The molecule has 5 rings (SSSR count). The highest BCUT2D eigenvalue weighted by Crippen LogP contribution is 2.47. The molecule has 9 heteroatoms. The van der Waals surface area contributed by atoms with Crippen LogP contribution in [0.4, 0.5) is 0 Å². The van der Waals surface area contributed by atoms with Gasteiger partial charge in [0.2, 0.25) is 11.8 Å². The molecule has 2 heterocycles. The number of hydrogen-bond donors (Lipinski definition) is 3. The van der Waals surface area contributed by atoms with E-state index in [-0.39, 0.29) is 18.1 Å². The Hall–Kier alpha value is -4.97. The van der Waals surface area contributed by atoms with Gasteiger partial charge in [-0.05, 0) is 41.5 Å². The number of nitrogens with zero attached hydrogens (tertiary/aromatic N) is 2. The van der Waals surface area contributed by atoms with Gasteiger partial charge in [-0.25, -0.2) is 0 Å². The number of nitrogens with one attached hydrogen (secondary N) is 1. The number of ether oxygens (including phenoxy) is 3. The van der Waals surface area contributed by atoms with Crippen molar-refractivity contribution in [2.75, 3.05) is 13.2 Å². The predicted octanol–water partition coefficient (Wildman–Crippen LogP) is 3.71. The number of primary amides is 1. The average Bonchev–Trinajstić information content (AvgIpc) is 3.30. The minimum absolute atomic E-state index is 0.0152. The monoisotopic (exact) mass is 481 g/mol. The molecule has 4 aromatic rings. The van der Waals surface area contributed by atoms with Crippen molar-refractivity contribution in [2.24, 2.45) is 11.5 Å². The second kappa shape index (κ2) is 9.35. The molecule has 9 nitrogen and oxygen atoms in total. The van der Waals surface area contributed by atoms with Gasteiger partial charge in [0.15, 0.2) is 18.1 Å². The Balaban J connectivity index is 1.65. The number of rotatable bonds is 7. The summed E-state index contributed by atoms with van der Waals surface area (Å²) >= 11 is 0. The third kappa shape index (κ3) is 4.05. The Morgan fingerprint density at radius 2 is 1.92 bits per heavy atom. The normalized spacial score (nSPS) is 14.6. The van der Waals surface area contributed by atoms with E-state index < -0.39 is 11.8 Å². The van der Waals surface area contributed by atoms with Gasteiger partial charge in [0, 0.05) is 5.56 Å². The van der Waals surface area contributed by atoms with Gasteiger partial charge in [0.25, 0.3) is 5.91 Å². The van der Waals surface area contributed by atoms with Crippen molar-refractivity contribution in [3.8, 4) is 34.7 Å². The van der Waals surface area contributed by atoms with E-state index in [4.69, 9.17) is 25.7 Å². The fraction of sp³-hybridized carbons (Fsp3) is 0.148. The summed E-state index contributed by atoms with van der Waals surface area (Å²) in [5.74, 6) is -0.120. The summed E-state index contributed by atoms with van der Waals surface area (Å²) < 4.78 is 17.0. The summed E-state index contributed by atoms with van der Waals surface area (Å²) in [7, 11) is 0. The van der Waals surface area contributed by atoms with E-state index in [1.54, 1.807) is 18.2 Å². The number of nitrogens with two attached hydrogens (primary N) is 2. The SMILES string of the molecule is CCOc1cc([C@@H]2C(C#N)=C(N)Oc3n[nH]c(-c4ccc5ccccc5c4)c32)ccc1OCC(N)=O. The first-order valence-electron chi connectivity index (χ1n) is 11.3. The van der Waals surface area contributed by atoms with E-state index in [1.807, 2.05) is 43.3 Å². The molecule has 1 aliphatic rings. The summed E-state index contributed by atoms with van der Waals surface area (Å²) in [4.78, 5) is 11.2. The lowest BCUT2D eigenvalue weighted by Gasteiger charge is -2.25. The molecule has 180 valence electrons. The van der Waals surface area contributed by atoms with Gasteiger partial charge >= 0.3 is 0 Å². The van der Waals surface area contributed by atoms with Gasteiger partial charge < -0.3 is 25.7 Å². The van der Waals surface area contributed by atoms with Crippen molar-refractivity contribution in [1.29, 1.82) is 5.26 Å². The van der Waals surface area contributed by atoms with Crippen LogP contribution in [0.15, 0.2) is 72.1 Å². The molecule has 1 aromatic heterocycles. The predicted molar refractivity (Wildman–Crippen MR) is 133 cm³/mol. The minimum Gasteiger partial charge on any atom is -0.490 e. The first kappa shape index (κ1) is 22.8. The lowest BCUT2D eigenvalue weighted by Crippen LogP contribution is -2.21. The molecule has 0 unspecified atom stereocenters. The van der Waals surface area contributed by atoms with Crippen molar-refractivity contribution in [3.63, 3.8) is 0 Å². The Morgan fingerprint density at radius 1 is 1.11 bits per heavy atom. The van der Waals surface area contributed by atoms with Gasteiger partial charge in [-0.15, -0.1) is 5.10 Å². The Kier molecular flexibility index (Phi) is 5.92. The highest BCUT2D eigenvalue weighted by molar-refractivity contribution is 5.87. The number of allylic oxidation sites excluding steroid dienone is 1. The molecule has 5 N–H and O–H groups in total. The van der Waals surface area contributed by atoms with Crippen LogP contribution in [-0.2, 0) is 4.79 Å². The summed E-state index contributed by atoms with van der Waals surface area (Å²) in [5, 5.41) is 19.6. The first-order valence-corrected chi connectivity index (χ1v) is 11.3. The van der Waals surface area contributed by atoms with Crippen LogP contribution in [0.5, 0.6) is 17.4 Å². The molecule has 0 radical (unpaired) electrons. The molecule has 0 spiro atoms. The summed E-state index contributed by atoms with van der Waals surface area (Å²) in [6, 6.07) is 21.6. The first-order chi connectivity index (χ1) is 17.5. The lowest BCUT2D eigenvalue weighted by atomic mass is 9.82. The van der Waals surface area contributed by atoms with Crippen molar-refractivity contribution < 1.29 is 19.0 Å². The van der Waals surface area contributed by atoms with E-state index in [2.05, 4.69) is 22.3 Å². The number of H-pyrrole nitrogens is 1. The number of fused-ring (bicyclic) bond motifs is 2. The van der Waals surface area contributed by atoms with Gasteiger partial charge in [0.05, 0.1) is 23.8 Å². The van der Waals surface area contributed by atoms with Crippen molar-refractivity contribution >= 4 is 16.7 Å².